The molecule has 1 heterocycles. The van der Waals surface area contributed by atoms with Gasteiger partial charge in [-0.15, -0.1) is 0 Å². The van der Waals surface area contributed by atoms with E-state index in [1.807, 2.05) is 13.1 Å². The van der Waals surface area contributed by atoms with E-state index in [4.69, 9.17) is 9.47 Å². The van der Waals surface area contributed by atoms with Gasteiger partial charge in [-0.25, -0.2) is 0 Å². The lowest BCUT2D eigenvalue weighted by atomic mass is 9.95. The molecule has 1 aliphatic heterocycles. The zero-order valence-corrected chi connectivity index (χ0v) is 13.7. The molecule has 2 rings (SSSR count). The SMILES string of the molecule is CNCC1CCCN(C(C)c2ccc(OC)c(OC)c2)C1. The van der Waals surface area contributed by atoms with E-state index in [1.54, 1.807) is 14.2 Å². The zero-order chi connectivity index (χ0) is 15.2. The number of ether oxygens (including phenoxy) is 2. The third kappa shape index (κ3) is 3.89. The Morgan fingerprint density at radius 1 is 1.29 bits per heavy atom. The molecule has 0 radical (unpaired) electrons. The summed E-state index contributed by atoms with van der Waals surface area (Å²) >= 11 is 0. The van der Waals surface area contributed by atoms with E-state index in [-0.39, 0.29) is 0 Å². The molecule has 2 unspecified atom stereocenters. The summed E-state index contributed by atoms with van der Waals surface area (Å²) in [5.74, 6) is 2.36. The molecule has 0 aliphatic carbocycles. The van der Waals surface area contributed by atoms with E-state index < -0.39 is 0 Å². The van der Waals surface area contributed by atoms with Crippen LogP contribution in [0.5, 0.6) is 11.5 Å². The summed E-state index contributed by atoms with van der Waals surface area (Å²) in [7, 11) is 5.40. The van der Waals surface area contributed by atoms with Gasteiger partial charge in [0.25, 0.3) is 0 Å². The summed E-state index contributed by atoms with van der Waals surface area (Å²) in [4.78, 5) is 2.58. The second kappa shape index (κ2) is 7.66. The average Bonchev–Trinajstić information content (AvgIpc) is 2.54. The van der Waals surface area contributed by atoms with Crippen LogP contribution in [0.1, 0.15) is 31.4 Å². The molecule has 1 aromatic carbocycles. The minimum Gasteiger partial charge on any atom is -0.493 e. The van der Waals surface area contributed by atoms with Crippen LogP contribution in [0.4, 0.5) is 0 Å². The van der Waals surface area contributed by atoms with Gasteiger partial charge in [0.1, 0.15) is 0 Å². The molecule has 1 fully saturated rings. The first-order chi connectivity index (χ1) is 10.2. The second-order valence-electron chi connectivity index (χ2n) is 5.85. The largest absolute Gasteiger partial charge is 0.493 e. The van der Waals surface area contributed by atoms with Gasteiger partial charge in [0.05, 0.1) is 14.2 Å². The van der Waals surface area contributed by atoms with E-state index in [2.05, 4.69) is 29.3 Å². The number of hydrogen-bond acceptors (Lipinski definition) is 4. The summed E-state index contributed by atoms with van der Waals surface area (Å²) in [6, 6.07) is 6.66. The Kier molecular flexibility index (Phi) is 5.88. The van der Waals surface area contributed by atoms with Gasteiger partial charge >= 0.3 is 0 Å². The van der Waals surface area contributed by atoms with Gasteiger partial charge < -0.3 is 14.8 Å². The van der Waals surface area contributed by atoms with Crippen molar-refractivity contribution in [1.29, 1.82) is 0 Å². The highest BCUT2D eigenvalue weighted by Crippen LogP contribution is 2.33. The molecule has 0 saturated carbocycles. The molecule has 1 aromatic rings. The number of nitrogens with zero attached hydrogens (tertiary/aromatic N) is 1. The van der Waals surface area contributed by atoms with Crippen molar-refractivity contribution in [3.63, 3.8) is 0 Å². The first-order valence-electron chi connectivity index (χ1n) is 7.80. The lowest BCUT2D eigenvalue weighted by Crippen LogP contribution is -2.40. The molecule has 1 aliphatic rings. The van der Waals surface area contributed by atoms with Crippen LogP contribution in [-0.4, -0.2) is 45.8 Å². The van der Waals surface area contributed by atoms with E-state index in [1.165, 1.54) is 24.9 Å². The Morgan fingerprint density at radius 2 is 2.05 bits per heavy atom. The molecule has 0 amide bonds. The fraction of sp³-hybridized carbons (Fsp3) is 0.647. The van der Waals surface area contributed by atoms with Crippen molar-refractivity contribution < 1.29 is 9.47 Å². The number of rotatable bonds is 6. The first kappa shape index (κ1) is 16.1. The zero-order valence-electron chi connectivity index (χ0n) is 13.7. The van der Waals surface area contributed by atoms with E-state index in [0.29, 0.717) is 6.04 Å². The van der Waals surface area contributed by atoms with Gasteiger partial charge in [-0.1, -0.05) is 6.07 Å². The monoisotopic (exact) mass is 292 g/mol. The van der Waals surface area contributed by atoms with Crippen LogP contribution >= 0.6 is 0 Å². The van der Waals surface area contributed by atoms with Crippen LogP contribution in [-0.2, 0) is 0 Å². The predicted molar refractivity (Wildman–Crippen MR) is 86.2 cm³/mol. The molecule has 1 N–H and O–H groups in total. The molecule has 4 heteroatoms. The molecular weight excluding hydrogens is 264 g/mol. The van der Waals surface area contributed by atoms with Crippen molar-refractivity contribution in [3.8, 4) is 11.5 Å². The fourth-order valence-electron chi connectivity index (χ4n) is 3.23. The maximum absolute atomic E-state index is 5.42. The Bertz CT molecular complexity index is 448. The summed E-state index contributed by atoms with van der Waals surface area (Å²) in [6.07, 6.45) is 2.61. The average molecular weight is 292 g/mol. The molecule has 0 spiro atoms. The number of likely N-dealkylation sites (tertiary alicyclic amines) is 1. The summed E-state index contributed by atoms with van der Waals surface area (Å²) in [6.45, 7) is 5.73. The number of hydrogen-bond donors (Lipinski definition) is 1. The smallest absolute Gasteiger partial charge is 0.161 e. The summed E-state index contributed by atoms with van der Waals surface area (Å²) in [5, 5.41) is 3.31. The highest BCUT2D eigenvalue weighted by atomic mass is 16.5. The van der Waals surface area contributed by atoms with E-state index in [9.17, 15) is 0 Å². The summed E-state index contributed by atoms with van der Waals surface area (Å²) in [5.41, 5.74) is 1.29. The van der Waals surface area contributed by atoms with Crippen molar-refractivity contribution in [2.24, 2.45) is 5.92 Å². The van der Waals surface area contributed by atoms with Crippen LogP contribution in [0.2, 0.25) is 0 Å². The van der Waals surface area contributed by atoms with Crippen LogP contribution in [0.3, 0.4) is 0 Å². The van der Waals surface area contributed by atoms with E-state index >= 15 is 0 Å². The normalized spacial score (nSPS) is 21.0. The lowest BCUT2D eigenvalue weighted by Gasteiger charge is -2.37. The second-order valence-corrected chi connectivity index (χ2v) is 5.85. The van der Waals surface area contributed by atoms with Gasteiger partial charge in [0.15, 0.2) is 11.5 Å². The third-order valence-electron chi connectivity index (χ3n) is 4.48. The Balaban J connectivity index is 2.10. The molecular formula is C17H28N2O2. The quantitative estimate of drug-likeness (QED) is 0.874. The Labute approximate surface area is 128 Å². The van der Waals surface area contributed by atoms with Crippen LogP contribution in [0, 0.1) is 5.92 Å². The fourth-order valence-corrected chi connectivity index (χ4v) is 3.23. The predicted octanol–water partition coefficient (Wildman–Crippen LogP) is 2.70. The Hall–Kier alpha value is -1.26. The van der Waals surface area contributed by atoms with Crippen LogP contribution in [0.15, 0.2) is 18.2 Å². The van der Waals surface area contributed by atoms with E-state index in [0.717, 1.165) is 30.5 Å². The van der Waals surface area contributed by atoms with Crippen LogP contribution in [0.25, 0.3) is 0 Å². The Morgan fingerprint density at radius 3 is 2.71 bits per heavy atom. The van der Waals surface area contributed by atoms with Gasteiger partial charge in [-0.2, -0.15) is 0 Å². The molecule has 0 bridgehead atoms. The molecule has 0 aromatic heterocycles. The first-order valence-corrected chi connectivity index (χ1v) is 7.80. The number of methoxy groups -OCH3 is 2. The highest BCUT2D eigenvalue weighted by molar-refractivity contribution is 5.43. The molecule has 118 valence electrons. The molecule has 1 saturated heterocycles. The molecule has 4 nitrogen and oxygen atoms in total. The van der Waals surface area contributed by atoms with Crippen molar-refractivity contribution in [2.45, 2.75) is 25.8 Å². The highest BCUT2D eigenvalue weighted by Gasteiger charge is 2.24. The van der Waals surface area contributed by atoms with Crippen LogP contribution < -0.4 is 14.8 Å². The number of nitrogens with one attached hydrogen (secondary N) is 1. The standard InChI is InChI=1S/C17H28N2O2/c1-13(19-9-5-6-14(12-19)11-18-2)15-7-8-16(20-3)17(10-15)21-4/h7-8,10,13-14,18H,5-6,9,11-12H2,1-4H3. The maximum Gasteiger partial charge on any atom is 0.161 e. The minimum absolute atomic E-state index is 0.407. The van der Waals surface area contributed by atoms with Gasteiger partial charge in [0, 0.05) is 12.6 Å². The third-order valence-corrected chi connectivity index (χ3v) is 4.48. The lowest BCUT2D eigenvalue weighted by molar-refractivity contribution is 0.131. The van der Waals surface area contributed by atoms with Crippen molar-refractivity contribution >= 4 is 0 Å². The number of piperidine rings is 1. The van der Waals surface area contributed by atoms with Crippen molar-refractivity contribution in [2.75, 3.05) is 40.9 Å². The van der Waals surface area contributed by atoms with Gasteiger partial charge in [-0.05, 0) is 63.5 Å². The summed E-state index contributed by atoms with van der Waals surface area (Å²) < 4.78 is 10.7. The molecule has 21 heavy (non-hydrogen) atoms. The maximum atomic E-state index is 5.42. The molecule has 2 atom stereocenters. The van der Waals surface area contributed by atoms with Gasteiger partial charge in [0.2, 0.25) is 0 Å². The van der Waals surface area contributed by atoms with Crippen molar-refractivity contribution in [1.82, 2.24) is 10.2 Å². The topological polar surface area (TPSA) is 33.7 Å². The minimum atomic E-state index is 0.407. The van der Waals surface area contributed by atoms with Crippen molar-refractivity contribution in [3.05, 3.63) is 23.8 Å². The van der Waals surface area contributed by atoms with Gasteiger partial charge in [-0.3, -0.25) is 4.90 Å². The number of benzene rings is 1.